The summed E-state index contributed by atoms with van der Waals surface area (Å²) in [6.07, 6.45) is 1.63. The monoisotopic (exact) mass is 309 g/mol. The predicted octanol–water partition coefficient (Wildman–Crippen LogP) is 2.83. The molecule has 0 saturated heterocycles. The molecule has 7 nitrogen and oxygen atoms in total. The number of aromatic nitrogens is 5. The van der Waals surface area contributed by atoms with Crippen LogP contribution in [-0.2, 0) is 0 Å². The zero-order chi connectivity index (χ0) is 14.1. The van der Waals surface area contributed by atoms with Crippen LogP contribution in [0.4, 0.5) is 17.6 Å². The van der Waals surface area contributed by atoms with Gasteiger partial charge < -0.3 is 11.1 Å². The summed E-state index contributed by atoms with van der Waals surface area (Å²) in [6.45, 7) is 0. The van der Waals surface area contributed by atoms with Crippen molar-refractivity contribution in [3.8, 4) is 11.3 Å². The van der Waals surface area contributed by atoms with Gasteiger partial charge in [-0.25, -0.2) is 5.10 Å². The van der Waals surface area contributed by atoms with E-state index in [9.17, 15) is 0 Å². The van der Waals surface area contributed by atoms with Crippen molar-refractivity contribution in [3.05, 3.63) is 34.4 Å². The van der Waals surface area contributed by atoms with Crippen molar-refractivity contribution in [2.75, 3.05) is 11.1 Å². The van der Waals surface area contributed by atoms with Gasteiger partial charge >= 0.3 is 0 Å². The number of nitrogens with one attached hydrogen (secondary N) is 3. The van der Waals surface area contributed by atoms with Gasteiger partial charge in [0.1, 0.15) is 0 Å². The van der Waals surface area contributed by atoms with Crippen LogP contribution >= 0.6 is 23.2 Å². The van der Waals surface area contributed by atoms with Gasteiger partial charge in [-0.3, -0.25) is 5.10 Å². The Hall–Kier alpha value is -2.25. The Morgan fingerprint density at radius 1 is 1.15 bits per heavy atom. The third kappa shape index (κ3) is 2.40. The van der Waals surface area contributed by atoms with Gasteiger partial charge in [-0.15, -0.1) is 5.10 Å². The van der Waals surface area contributed by atoms with E-state index in [1.807, 2.05) is 0 Å². The fourth-order valence-electron chi connectivity index (χ4n) is 1.76. The van der Waals surface area contributed by atoms with Crippen LogP contribution in [0.25, 0.3) is 11.3 Å². The number of hydrogen-bond acceptors (Lipinski definition) is 5. The van der Waals surface area contributed by atoms with Crippen molar-refractivity contribution >= 4 is 40.8 Å². The highest BCUT2D eigenvalue weighted by molar-refractivity contribution is 6.39. The van der Waals surface area contributed by atoms with E-state index < -0.39 is 0 Å². The average Bonchev–Trinajstić information content (AvgIpc) is 3.01. The zero-order valence-electron chi connectivity index (χ0n) is 9.98. The van der Waals surface area contributed by atoms with Gasteiger partial charge in [-0.05, 0) is 18.2 Å². The number of benzene rings is 1. The first kappa shape index (κ1) is 12.8. The fourth-order valence-corrected chi connectivity index (χ4v) is 2.45. The Bertz CT molecular complexity index is 712. The Labute approximate surface area is 123 Å². The number of aromatic amines is 2. The first-order chi connectivity index (χ1) is 9.63. The predicted molar refractivity (Wildman–Crippen MR) is 78.1 cm³/mol. The van der Waals surface area contributed by atoms with Gasteiger partial charge in [0.05, 0.1) is 15.7 Å². The number of nitrogens with two attached hydrogens (primary N) is 1. The molecular formula is C11H9Cl2N7. The minimum atomic E-state index is 0.221. The molecule has 20 heavy (non-hydrogen) atoms. The summed E-state index contributed by atoms with van der Waals surface area (Å²) in [5.74, 6) is 0.558. The molecule has 1 aromatic carbocycles. The largest absolute Gasteiger partial charge is 0.368 e. The molecule has 0 aliphatic heterocycles. The zero-order valence-corrected chi connectivity index (χ0v) is 11.5. The molecule has 2 heterocycles. The highest BCUT2D eigenvalue weighted by Crippen LogP contribution is 2.36. The van der Waals surface area contributed by atoms with E-state index in [1.165, 1.54) is 0 Å². The second-order valence-corrected chi connectivity index (χ2v) is 4.77. The first-order valence-electron chi connectivity index (χ1n) is 5.57. The van der Waals surface area contributed by atoms with Gasteiger partial charge in [0.25, 0.3) is 0 Å². The lowest BCUT2D eigenvalue weighted by Crippen LogP contribution is -1.94. The number of rotatable bonds is 3. The van der Waals surface area contributed by atoms with Crippen LogP contribution in [0.1, 0.15) is 0 Å². The molecule has 0 atom stereocenters. The molecule has 0 aliphatic carbocycles. The molecule has 2 aromatic heterocycles. The van der Waals surface area contributed by atoms with Gasteiger partial charge in [0.15, 0.2) is 0 Å². The molecule has 0 fully saturated rings. The molecule has 3 rings (SSSR count). The summed E-state index contributed by atoms with van der Waals surface area (Å²) in [7, 11) is 0. The molecule has 0 bridgehead atoms. The van der Waals surface area contributed by atoms with Gasteiger partial charge in [0.2, 0.25) is 11.9 Å². The molecule has 0 amide bonds. The number of halogens is 2. The van der Waals surface area contributed by atoms with Crippen LogP contribution in [0.5, 0.6) is 0 Å². The van der Waals surface area contributed by atoms with Gasteiger partial charge in [0, 0.05) is 17.4 Å². The Balaban J connectivity index is 1.95. The smallest absolute Gasteiger partial charge is 0.248 e. The molecule has 0 radical (unpaired) electrons. The van der Waals surface area contributed by atoms with E-state index in [4.69, 9.17) is 28.9 Å². The summed E-state index contributed by atoms with van der Waals surface area (Å²) < 4.78 is 0. The summed E-state index contributed by atoms with van der Waals surface area (Å²) in [4.78, 5) is 3.94. The average molecular weight is 310 g/mol. The van der Waals surface area contributed by atoms with E-state index in [1.54, 1.807) is 24.4 Å². The van der Waals surface area contributed by atoms with Gasteiger partial charge in [-0.2, -0.15) is 10.1 Å². The SMILES string of the molecule is Nc1nc(Nc2cc(Cl)c(-c3ccn[nH]3)c(Cl)c2)n[nH]1. The quantitative estimate of drug-likeness (QED) is 0.595. The number of H-pyrrole nitrogens is 2. The summed E-state index contributed by atoms with van der Waals surface area (Å²) in [6, 6.07) is 5.22. The second-order valence-electron chi connectivity index (χ2n) is 3.95. The summed E-state index contributed by atoms with van der Waals surface area (Å²) in [5, 5.41) is 17.0. The van der Waals surface area contributed by atoms with Crippen LogP contribution in [0, 0.1) is 0 Å². The molecule has 3 aromatic rings. The van der Waals surface area contributed by atoms with E-state index in [2.05, 4.69) is 30.7 Å². The van der Waals surface area contributed by atoms with Crippen molar-refractivity contribution in [2.24, 2.45) is 0 Å². The number of nitrogen functional groups attached to an aromatic ring is 1. The summed E-state index contributed by atoms with van der Waals surface area (Å²) >= 11 is 12.5. The molecule has 102 valence electrons. The third-order valence-electron chi connectivity index (χ3n) is 2.57. The van der Waals surface area contributed by atoms with Gasteiger partial charge in [-0.1, -0.05) is 23.2 Å². The normalized spacial score (nSPS) is 10.7. The van der Waals surface area contributed by atoms with Crippen molar-refractivity contribution < 1.29 is 0 Å². The van der Waals surface area contributed by atoms with Crippen molar-refractivity contribution in [1.82, 2.24) is 25.4 Å². The lowest BCUT2D eigenvalue weighted by Gasteiger charge is -2.08. The fraction of sp³-hybridized carbons (Fsp3) is 0. The first-order valence-corrected chi connectivity index (χ1v) is 6.33. The van der Waals surface area contributed by atoms with Crippen LogP contribution < -0.4 is 11.1 Å². The maximum Gasteiger partial charge on any atom is 0.248 e. The summed E-state index contributed by atoms with van der Waals surface area (Å²) in [5.41, 5.74) is 7.53. The molecule has 0 aliphatic rings. The molecule has 0 spiro atoms. The van der Waals surface area contributed by atoms with Crippen LogP contribution in [-0.4, -0.2) is 25.4 Å². The standard InChI is InChI=1S/C11H9Cl2N7/c12-6-3-5(16-11-17-10(14)19-20-11)4-7(13)9(6)8-1-2-15-18-8/h1-4H,(H,15,18)(H4,14,16,17,19,20). The van der Waals surface area contributed by atoms with E-state index in [0.29, 0.717) is 27.2 Å². The molecular weight excluding hydrogens is 301 g/mol. The molecule has 0 unspecified atom stereocenters. The van der Waals surface area contributed by atoms with Crippen LogP contribution in [0.2, 0.25) is 10.0 Å². The maximum absolute atomic E-state index is 6.25. The highest BCUT2D eigenvalue weighted by Gasteiger charge is 2.12. The highest BCUT2D eigenvalue weighted by atomic mass is 35.5. The van der Waals surface area contributed by atoms with E-state index in [-0.39, 0.29) is 5.95 Å². The number of anilines is 3. The third-order valence-corrected chi connectivity index (χ3v) is 3.17. The second kappa shape index (κ2) is 5.03. The number of nitrogens with zero attached hydrogens (tertiary/aromatic N) is 3. The topological polar surface area (TPSA) is 108 Å². The maximum atomic E-state index is 6.25. The van der Waals surface area contributed by atoms with E-state index >= 15 is 0 Å². The van der Waals surface area contributed by atoms with Crippen LogP contribution in [0.3, 0.4) is 0 Å². The lowest BCUT2D eigenvalue weighted by molar-refractivity contribution is 1.09. The van der Waals surface area contributed by atoms with E-state index in [0.717, 1.165) is 5.69 Å². The molecule has 9 heteroatoms. The number of hydrogen-bond donors (Lipinski definition) is 4. The van der Waals surface area contributed by atoms with Crippen LogP contribution in [0.15, 0.2) is 24.4 Å². The minimum Gasteiger partial charge on any atom is -0.368 e. The van der Waals surface area contributed by atoms with Crippen molar-refractivity contribution in [1.29, 1.82) is 0 Å². The Morgan fingerprint density at radius 3 is 2.45 bits per heavy atom. The molecule has 5 N–H and O–H groups in total. The molecule has 0 saturated carbocycles. The van der Waals surface area contributed by atoms with Crippen molar-refractivity contribution in [2.45, 2.75) is 0 Å². The Morgan fingerprint density at radius 2 is 1.90 bits per heavy atom. The minimum absolute atomic E-state index is 0.221. The lowest BCUT2D eigenvalue weighted by atomic mass is 10.1. The van der Waals surface area contributed by atoms with Crippen molar-refractivity contribution in [3.63, 3.8) is 0 Å². The Kier molecular flexibility index (Phi) is 3.21.